The van der Waals surface area contributed by atoms with Gasteiger partial charge in [-0.15, -0.1) is 24.0 Å². The molecule has 0 unspecified atom stereocenters. The van der Waals surface area contributed by atoms with Gasteiger partial charge in [0.25, 0.3) is 0 Å². The van der Waals surface area contributed by atoms with Crippen LogP contribution in [-0.2, 0) is 19.6 Å². The lowest BCUT2D eigenvalue weighted by Gasteiger charge is -2.36. The molecule has 1 fully saturated rings. The third kappa shape index (κ3) is 9.93. The van der Waals surface area contributed by atoms with Gasteiger partial charge in [-0.1, -0.05) is 12.1 Å². The predicted molar refractivity (Wildman–Crippen MR) is 136 cm³/mol. The largest absolute Gasteiger partial charge is 0.494 e. The van der Waals surface area contributed by atoms with Crippen LogP contribution in [-0.4, -0.2) is 72.3 Å². The van der Waals surface area contributed by atoms with Crippen LogP contribution in [0.3, 0.4) is 0 Å². The molecule has 1 saturated heterocycles. The molecule has 0 atom stereocenters. The van der Waals surface area contributed by atoms with E-state index in [0.29, 0.717) is 26.4 Å². The van der Waals surface area contributed by atoms with Gasteiger partial charge in [-0.3, -0.25) is 4.99 Å². The number of rotatable bonds is 13. The van der Waals surface area contributed by atoms with Crippen LogP contribution in [0.2, 0.25) is 0 Å². The van der Waals surface area contributed by atoms with Gasteiger partial charge in [0, 0.05) is 45.4 Å². The van der Waals surface area contributed by atoms with E-state index >= 15 is 0 Å². The van der Waals surface area contributed by atoms with Gasteiger partial charge in [0.1, 0.15) is 5.75 Å². The summed E-state index contributed by atoms with van der Waals surface area (Å²) in [5, 5.41) is 6.78. The summed E-state index contributed by atoms with van der Waals surface area (Å²) in [7, 11) is 1.68. The first-order valence-corrected chi connectivity index (χ1v) is 11.1. The molecule has 0 amide bonds. The smallest absolute Gasteiger partial charge is 0.191 e. The van der Waals surface area contributed by atoms with E-state index in [2.05, 4.69) is 41.8 Å². The van der Waals surface area contributed by atoms with Crippen molar-refractivity contribution in [3.05, 3.63) is 29.8 Å². The van der Waals surface area contributed by atoms with E-state index in [-0.39, 0.29) is 29.4 Å². The minimum Gasteiger partial charge on any atom is -0.494 e. The topological polar surface area (TPSA) is 73.3 Å². The summed E-state index contributed by atoms with van der Waals surface area (Å²) < 4.78 is 21.8. The van der Waals surface area contributed by atoms with Crippen molar-refractivity contribution in [1.29, 1.82) is 0 Å². The lowest BCUT2D eigenvalue weighted by Crippen LogP contribution is -2.41. The lowest BCUT2D eigenvalue weighted by atomic mass is 9.74. The molecule has 2 N–H and O–H groups in total. The monoisotopic (exact) mass is 549 g/mol. The molecule has 0 bridgehead atoms. The highest BCUT2D eigenvalue weighted by molar-refractivity contribution is 14.0. The fraction of sp³-hybridized carbons (Fsp3) is 0.696. The van der Waals surface area contributed by atoms with E-state index in [9.17, 15) is 0 Å². The lowest BCUT2D eigenvalue weighted by molar-refractivity contribution is 0.0531. The number of hydrogen-bond acceptors (Lipinski definition) is 5. The molecule has 0 aliphatic carbocycles. The standard InChI is InChI=1S/C23H39N3O4.HI/c1-4-24-22(25-13-6-14-28-18-17-27-3)26-19-23(11-15-29-16-12-23)20-7-9-21(10-8-20)30-5-2;/h7-10H,4-6,11-19H2,1-3H3,(H2,24,25,26);1H. The maximum Gasteiger partial charge on any atom is 0.191 e. The second kappa shape index (κ2) is 16.5. The van der Waals surface area contributed by atoms with Crippen molar-refractivity contribution < 1.29 is 18.9 Å². The number of nitrogens with one attached hydrogen (secondary N) is 2. The number of ether oxygens (including phenoxy) is 4. The molecule has 1 aliphatic heterocycles. The van der Waals surface area contributed by atoms with Crippen molar-refractivity contribution in [2.24, 2.45) is 4.99 Å². The van der Waals surface area contributed by atoms with Gasteiger partial charge in [0.2, 0.25) is 0 Å². The van der Waals surface area contributed by atoms with Gasteiger partial charge in [0.15, 0.2) is 5.96 Å². The molecule has 31 heavy (non-hydrogen) atoms. The summed E-state index contributed by atoms with van der Waals surface area (Å²) in [6.45, 7) is 10.7. The van der Waals surface area contributed by atoms with Crippen molar-refractivity contribution in [3.63, 3.8) is 0 Å². The number of guanidine groups is 1. The number of nitrogens with zero attached hydrogens (tertiary/aromatic N) is 1. The van der Waals surface area contributed by atoms with E-state index in [1.165, 1.54) is 5.56 Å². The molecule has 7 nitrogen and oxygen atoms in total. The first kappa shape index (κ1) is 27.9. The summed E-state index contributed by atoms with van der Waals surface area (Å²) >= 11 is 0. The van der Waals surface area contributed by atoms with Crippen LogP contribution in [0.25, 0.3) is 0 Å². The molecular formula is C23H40IN3O4. The normalized spacial score (nSPS) is 15.8. The number of aliphatic imine (C=N–C) groups is 1. The van der Waals surface area contributed by atoms with Crippen LogP contribution >= 0.6 is 24.0 Å². The zero-order valence-corrected chi connectivity index (χ0v) is 21.6. The highest BCUT2D eigenvalue weighted by atomic mass is 127. The summed E-state index contributed by atoms with van der Waals surface area (Å²) in [5.41, 5.74) is 1.30. The summed E-state index contributed by atoms with van der Waals surface area (Å²) in [6.07, 6.45) is 2.86. The SMILES string of the molecule is CCNC(=NCC1(c2ccc(OCC)cc2)CCOCC1)NCCCOCCOC.I. The Labute approximate surface area is 204 Å². The van der Waals surface area contributed by atoms with Crippen LogP contribution in [0, 0.1) is 0 Å². The minimum atomic E-state index is -0.00535. The van der Waals surface area contributed by atoms with Crippen molar-refractivity contribution in [2.45, 2.75) is 38.5 Å². The highest BCUT2D eigenvalue weighted by Crippen LogP contribution is 2.36. The van der Waals surface area contributed by atoms with Gasteiger partial charge in [-0.2, -0.15) is 0 Å². The second-order valence-electron chi connectivity index (χ2n) is 7.43. The Kier molecular flexibility index (Phi) is 14.9. The van der Waals surface area contributed by atoms with Gasteiger partial charge in [-0.05, 0) is 50.8 Å². The van der Waals surface area contributed by atoms with E-state index in [1.54, 1.807) is 7.11 Å². The Morgan fingerprint density at radius 1 is 1.06 bits per heavy atom. The van der Waals surface area contributed by atoms with Gasteiger partial charge >= 0.3 is 0 Å². The minimum absolute atomic E-state index is 0. The van der Waals surface area contributed by atoms with E-state index in [1.807, 2.05) is 6.92 Å². The number of halogens is 1. The summed E-state index contributed by atoms with van der Waals surface area (Å²) in [4.78, 5) is 4.94. The number of methoxy groups -OCH3 is 1. The third-order valence-corrected chi connectivity index (χ3v) is 5.30. The van der Waals surface area contributed by atoms with Crippen LogP contribution in [0.15, 0.2) is 29.3 Å². The van der Waals surface area contributed by atoms with E-state index in [4.69, 9.17) is 23.9 Å². The molecule has 1 aliphatic rings. The van der Waals surface area contributed by atoms with Crippen molar-refractivity contribution in [2.75, 3.05) is 66.4 Å². The first-order chi connectivity index (χ1) is 14.7. The van der Waals surface area contributed by atoms with Gasteiger partial charge in [-0.25, -0.2) is 0 Å². The molecule has 1 heterocycles. The van der Waals surface area contributed by atoms with Gasteiger partial charge < -0.3 is 29.6 Å². The quantitative estimate of drug-likeness (QED) is 0.170. The number of hydrogen-bond donors (Lipinski definition) is 2. The predicted octanol–water partition coefficient (Wildman–Crippen LogP) is 3.36. The zero-order valence-electron chi connectivity index (χ0n) is 19.3. The van der Waals surface area contributed by atoms with Gasteiger partial charge in [0.05, 0.1) is 26.4 Å². The van der Waals surface area contributed by atoms with Crippen LogP contribution in [0.1, 0.15) is 38.7 Å². The first-order valence-electron chi connectivity index (χ1n) is 11.1. The Bertz CT molecular complexity index is 607. The molecule has 8 heteroatoms. The fourth-order valence-corrected chi connectivity index (χ4v) is 3.57. The Balaban J connectivity index is 0.00000480. The molecule has 1 aromatic rings. The molecule has 178 valence electrons. The number of benzene rings is 1. The van der Waals surface area contributed by atoms with E-state index < -0.39 is 0 Å². The fourth-order valence-electron chi connectivity index (χ4n) is 3.57. The van der Waals surface area contributed by atoms with Crippen LogP contribution < -0.4 is 15.4 Å². The Morgan fingerprint density at radius 3 is 2.45 bits per heavy atom. The van der Waals surface area contributed by atoms with Crippen LogP contribution in [0.4, 0.5) is 0 Å². The van der Waals surface area contributed by atoms with Crippen molar-refractivity contribution in [1.82, 2.24) is 10.6 Å². The molecule has 0 saturated carbocycles. The second-order valence-corrected chi connectivity index (χ2v) is 7.43. The molecule has 1 aromatic carbocycles. The molecule has 0 spiro atoms. The maximum atomic E-state index is 5.66. The molecule has 0 aromatic heterocycles. The van der Waals surface area contributed by atoms with Crippen molar-refractivity contribution >= 4 is 29.9 Å². The summed E-state index contributed by atoms with van der Waals surface area (Å²) in [6, 6.07) is 8.49. The average molecular weight is 549 g/mol. The highest BCUT2D eigenvalue weighted by Gasteiger charge is 2.34. The summed E-state index contributed by atoms with van der Waals surface area (Å²) in [5.74, 6) is 1.76. The van der Waals surface area contributed by atoms with Crippen LogP contribution in [0.5, 0.6) is 5.75 Å². The molecular weight excluding hydrogens is 509 g/mol. The zero-order chi connectivity index (χ0) is 21.5. The molecule has 2 rings (SSSR count). The van der Waals surface area contributed by atoms with Crippen molar-refractivity contribution in [3.8, 4) is 5.75 Å². The Morgan fingerprint density at radius 2 is 1.81 bits per heavy atom. The molecule has 0 radical (unpaired) electrons. The Hall–Kier alpha value is -1.10. The van der Waals surface area contributed by atoms with E-state index in [0.717, 1.165) is 63.8 Å². The maximum absolute atomic E-state index is 5.66. The third-order valence-electron chi connectivity index (χ3n) is 5.30. The average Bonchev–Trinajstić information content (AvgIpc) is 2.78.